The fraction of sp³-hybridized carbons (Fsp3) is 0.292. The van der Waals surface area contributed by atoms with Gasteiger partial charge in [-0.15, -0.1) is 11.3 Å². The number of benzene rings is 1. The Morgan fingerprint density at radius 2 is 2.00 bits per heavy atom. The van der Waals surface area contributed by atoms with Crippen LogP contribution in [0.1, 0.15) is 33.7 Å². The third-order valence-corrected chi connectivity index (χ3v) is 7.39. The molecule has 0 aliphatic heterocycles. The van der Waals surface area contributed by atoms with Gasteiger partial charge in [0.05, 0.1) is 23.9 Å². The van der Waals surface area contributed by atoms with E-state index in [2.05, 4.69) is 5.32 Å². The zero-order chi connectivity index (χ0) is 22.4. The molecule has 0 radical (unpaired) electrons. The second-order valence-electron chi connectivity index (χ2n) is 8.17. The van der Waals surface area contributed by atoms with Crippen molar-refractivity contribution in [3.8, 4) is 5.69 Å². The number of nitrogens with one attached hydrogen (secondary N) is 1. The Bertz CT molecular complexity index is 1460. The molecule has 0 unspecified atom stereocenters. The van der Waals surface area contributed by atoms with Gasteiger partial charge in [0.25, 0.3) is 5.56 Å². The van der Waals surface area contributed by atoms with E-state index in [9.17, 15) is 14.4 Å². The van der Waals surface area contributed by atoms with E-state index in [1.807, 2.05) is 26.0 Å². The van der Waals surface area contributed by atoms with Crippen molar-refractivity contribution >= 4 is 27.5 Å². The molecule has 0 saturated heterocycles. The van der Waals surface area contributed by atoms with Gasteiger partial charge in [-0.05, 0) is 74.1 Å². The van der Waals surface area contributed by atoms with Crippen LogP contribution in [0, 0.1) is 13.8 Å². The summed E-state index contributed by atoms with van der Waals surface area (Å²) in [7, 11) is 0. The monoisotopic (exact) mass is 449 g/mol. The third-order valence-electron chi connectivity index (χ3n) is 6.08. The van der Waals surface area contributed by atoms with Gasteiger partial charge in [-0.2, -0.15) is 0 Å². The van der Waals surface area contributed by atoms with Crippen LogP contribution in [0.3, 0.4) is 0 Å². The maximum absolute atomic E-state index is 13.5. The summed E-state index contributed by atoms with van der Waals surface area (Å²) in [5.74, 6) is 0.315. The van der Waals surface area contributed by atoms with E-state index in [-0.39, 0.29) is 24.6 Å². The van der Waals surface area contributed by atoms with Crippen LogP contribution >= 0.6 is 11.3 Å². The molecule has 1 amide bonds. The molecule has 0 fully saturated rings. The van der Waals surface area contributed by atoms with E-state index in [0.29, 0.717) is 21.7 Å². The van der Waals surface area contributed by atoms with Crippen LogP contribution in [0.5, 0.6) is 0 Å². The number of hydrogen-bond acceptors (Lipinski definition) is 5. The molecule has 1 aliphatic carbocycles. The molecule has 8 heteroatoms. The molecule has 0 atom stereocenters. The lowest BCUT2D eigenvalue weighted by Crippen LogP contribution is -2.41. The largest absolute Gasteiger partial charge is 0.467 e. The van der Waals surface area contributed by atoms with Crippen molar-refractivity contribution in [3.05, 3.63) is 84.8 Å². The van der Waals surface area contributed by atoms with Gasteiger partial charge >= 0.3 is 5.69 Å². The minimum absolute atomic E-state index is 0.166. The van der Waals surface area contributed by atoms with Crippen LogP contribution in [0.15, 0.2) is 50.6 Å². The highest BCUT2D eigenvalue weighted by atomic mass is 32.1. The highest BCUT2D eigenvalue weighted by Crippen LogP contribution is 2.35. The number of aromatic nitrogens is 2. The Balaban J connectivity index is 1.64. The number of carbonyl (C=O) groups is 1. The number of fused-ring (bicyclic) bond motifs is 3. The minimum atomic E-state index is -0.501. The summed E-state index contributed by atoms with van der Waals surface area (Å²) in [5, 5.41) is 3.36. The summed E-state index contributed by atoms with van der Waals surface area (Å²) in [6.45, 7) is 4.01. The molecule has 4 aromatic rings. The molecule has 5 rings (SSSR count). The molecule has 1 aliphatic rings. The summed E-state index contributed by atoms with van der Waals surface area (Å²) in [4.78, 5) is 41.5. The number of hydrogen-bond donors (Lipinski definition) is 1. The molecule has 3 heterocycles. The third kappa shape index (κ3) is 3.40. The summed E-state index contributed by atoms with van der Waals surface area (Å²) < 4.78 is 7.90. The first-order chi connectivity index (χ1) is 15.4. The van der Waals surface area contributed by atoms with E-state index in [4.69, 9.17) is 4.42 Å². The lowest BCUT2D eigenvalue weighted by molar-refractivity contribution is -0.121. The first kappa shape index (κ1) is 20.5. The van der Waals surface area contributed by atoms with Gasteiger partial charge < -0.3 is 9.73 Å². The Kier molecular flexibility index (Phi) is 5.09. The number of rotatable bonds is 5. The molecule has 3 aromatic heterocycles. The molecule has 1 aromatic carbocycles. The second-order valence-corrected chi connectivity index (χ2v) is 9.26. The number of furan rings is 1. The minimum Gasteiger partial charge on any atom is -0.467 e. The van der Waals surface area contributed by atoms with Gasteiger partial charge in [0, 0.05) is 4.88 Å². The lowest BCUT2D eigenvalue weighted by atomic mass is 10.1. The first-order valence-electron chi connectivity index (χ1n) is 10.6. The van der Waals surface area contributed by atoms with Crippen LogP contribution < -0.4 is 16.6 Å². The lowest BCUT2D eigenvalue weighted by Gasteiger charge is -2.13. The number of carbonyl (C=O) groups excluding carboxylic acids is 1. The topological polar surface area (TPSA) is 86.2 Å². The van der Waals surface area contributed by atoms with Crippen molar-refractivity contribution in [2.45, 2.75) is 46.2 Å². The fourth-order valence-electron chi connectivity index (χ4n) is 4.24. The summed E-state index contributed by atoms with van der Waals surface area (Å²) in [5.41, 5.74) is 2.81. The van der Waals surface area contributed by atoms with Crippen molar-refractivity contribution in [1.82, 2.24) is 14.5 Å². The number of amides is 1. The Morgan fingerprint density at radius 3 is 2.75 bits per heavy atom. The fourth-order valence-corrected chi connectivity index (χ4v) is 5.61. The van der Waals surface area contributed by atoms with Gasteiger partial charge in [-0.3, -0.25) is 14.2 Å². The molecule has 32 heavy (non-hydrogen) atoms. The molecule has 164 valence electrons. The molecule has 0 spiro atoms. The Morgan fingerprint density at radius 1 is 1.16 bits per heavy atom. The van der Waals surface area contributed by atoms with Crippen LogP contribution in [0.4, 0.5) is 0 Å². The predicted octanol–water partition coefficient (Wildman–Crippen LogP) is 3.23. The SMILES string of the molecule is Cc1ccc(-n2c(=O)c3c4c(sc3n(CC(=O)NCc3ccco3)c2=O)CCC4)cc1C. The normalized spacial score (nSPS) is 12.9. The Labute approximate surface area is 187 Å². The molecule has 0 saturated carbocycles. The molecule has 1 N–H and O–H groups in total. The second kappa shape index (κ2) is 7.94. The van der Waals surface area contributed by atoms with E-state index in [0.717, 1.165) is 40.8 Å². The molecule has 7 nitrogen and oxygen atoms in total. The number of aryl methyl sites for hydroxylation is 4. The van der Waals surface area contributed by atoms with Crippen molar-refractivity contribution in [3.63, 3.8) is 0 Å². The number of thiophene rings is 1. The highest BCUT2D eigenvalue weighted by Gasteiger charge is 2.26. The van der Waals surface area contributed by atoms with Crippen LogP contribution in [-0.2, 0) is 30.7 Å². The first-order valence-corrected chi connectivity index (χ1v) is 11.4. The summed E-state index contributed by atoms with van der Waals surface area (Å²) in [6.07, 6.45) is 4.27. The van der Waals surface area contributed by atoms with Crippen LogP contribution in [-0.4, -0.2) is 15.0 Å². The van der Waals surface area contributed by atoms with E-state index in [1.165, 1.54) is 20.5 Å². The molecule has 0 bridgehead atoms. The predicted molar refractivity (Wildman–Crippen MR) is 124 cm³/mol. The smallest absolute Gasteiger partial charge is 0.337 e. The van der Waals surface area contributed by atoms with Gasteiger partial charge in [-0.25, -0.2) is 9.36 Å². The van der Waals surface area contributed by atoms with E-state index in [1.54, 1.807) is 24.5 Å². The molecular weight excluding hydrogens is 426 g/mol. The van der Waals surface area contributed by atoms with Gasteiger partial charge in [-0.1, -0.05) is 6.07 Å². The van der Waals surface area contributed by atoms with Crippen molar-refractivity contribution in [1.29, 1.82) is 0 Å². The zero-order valence-electron chi connectivity index (χ0n) is 17.9. The van der Waals surface area contributed by atoms with Crippen LogP contribution in [0.25, 0.3) is 15.9 Å². The number of nitrogens with zero attached hydrogens (tertiary/aromatic N) is 2. The maximum atomic E-state index is 13.5. The van der Waals surface area contributed by atoms with Gasteiger partial charge in [0.15, 0.2) is 0 Å². The van der Waals surface area contributed by atoms with Gasteiger partial charge in [0.1, 0.15) is 17.1 Å². The maximum Gasteiger partial charge on any atom is 0.337 e. The van der Waals surface area contributed by atoms with Crippen molar-refractivity contribution in [2.24, 2.45) is 0 Å². The van der Waals surface area contributed by atoms with Crippen molar-refractivity contribution in [2.75, 3.05) is 0 Å². The summed E-state index contributed by atoms with van der Waals surface area (Å²) in [6, 6.07) is 9.05. The van der Waals surface area contributed by atoms with E-state index >= 15 is 0 Å². The van der Waals surface area contributed by atoms with E-state index < -0.39 is 5.69 Å². The highest BCUT2D eigenvalue weighted by molar-refractivity contribution is 7.19. The Hall–Kier alpha value is -3.39. The average Bonchev–Trinajstić information content (AvgIpc) is 3.49. The van der Waals surface area contributed by atoms with Gasteiger partial charge in [0.2, 0.25) is 5.91 Å². The molecular formula is C24H23N3O4S. The zero-order valence-corrected chi connectivity index (χ0v) is 18.8. The average molecular weight is 450 g/mol. The quantitative estimate of drug-likeness (QED) is 0.507. The summed E-state index contributed by atoms with van der Waals surface area (Å²) >= 11 is 1.46. The van der Waals surface area contributed by atoms with Crippen molar-refractivity contribution < 1.29 is 9.21 Å². The van der Waals surface area contributed by atoms with Crippen LogP contribution in [0.2, 0.25) is 0 Å². The standard InChI is InChI=1S/C24H23N3O4S/c1-14-8-9-16(11-15(14)2)27-22(29)21-18-6-3-7-19(18)32-23(21)26(24(27)30)13-20(28)25-12-17-5-4-10-31-17/h4-5,8-11H,3,6-7,12-13H2,1-2H3,(H,25,28).